The number of hydrogen-bond acceptors (Lipinski definition) is 1. The summed E-state index contributed by atoms with van der Waals surface area (Å²) >= 11 is 0. The molecule has 1 nitrogen and oxygen atoms in total. The molecule has 0 aliphatic heterocycles. The van der Waals surface area contributed by atoms with Crippen LogP contribution >= 0.6 is 0 Å². The smallest absolute Gasteiger partial charge is 0.389 e. The van der Waals surface area contributed by atoms with Crippen molar-refractivity contribution >= 4 is 0 Å². The van der Waals surface area contributed by atoms with E-state index in [0.29, 0.717) is 5.92 Å². The summed E-state index contributed by atoms with van der Waals surface area (Å²) in [6.45, 7) is 2.09. The van der Waals surface area contributed by atoms with Gasteiger partial charge in [0.25, 0.3) is 0 Å². The van der Waals surface area contributed by atoms with Gasteiger partial charge in [-0.2, -0.15) is 13.2 Å². The first-order chi connectivity index (χ1) is 6.92. The van der Waals surface area contributed by atoms with Crippen molar-refractivity contribution in [1.29, 1.82) is 0 Å². The Morgan fingerprint density at radius 2 is 2.00 bits per heavy atom. The molecule has 15 heavy (non-hydrogen) atoms. The molecule has 1 aliphatic carbocycles. The highest BCUT2D eigenvalue weighted by Crippen LogP contribution is 2.36. The van der Waals surface area contributed by atoms with E-state index in [1.807, 2.05) is 0 Å². The Balaban J connectivity index is 2.26. The van der Waals surface area contributed by atoms with Crippen molar-refractivity contribution in [3.63, 3.8) is 0 Å². The maximum absolute atomic E-state index is 11.9. The van der Waals surface area contributed by atoms with Gasteiger partial charge in [-0.15, -0.1) is 0 Å². The molecule has 3 unspecified atom stereocenters. The quantitative estimate of drug-likeness (QED) is 0.774. The highest BCUT2D eigenvalue weighted by molar-refractivity contribution is 4.80. The Bertz CT molecular complexity index is 191. The minimum atomic E-state index is -4.14. The third-order valence-corrected chi connectivity index (χ3v) is 3.43. The number of aliphatic hydroxyl groups is 1. The summed E-state index contributed by atoms with van der Waals surface area (Å²) in [5, 5.41) is 9.63. The number of rotatable bonds is 4. The molecule has 4 heteroatoms. The van der Waals surface area contributed by atoms with Crippen molar-refractivity contribution in [2.45, 2.75) is 57.7 Å². The molecule has 1 N–H and O–H groups in total. The summed E-state index contributed by atoms with van der Waals surface area (Å²) in [5.41, 5.74) is 0. The van der Waals surface area contributed by atoms with Crippen LogP contribution in [0.5, 0.6) is 0 Å². The van der Waals surface area contributed by atoms with Crippen LogP contribution in [0, 0.1) is 11.8 Å². The Labute approximate surface area is 88.7 Å². The summed E-state index contributed by atoms with van der Waals surface area (Å²) in [6.07, 6.45) is -1.97. The molecule has 0 spiro atoms. The fraction of sp³-hybridized carbons (Fsp3) is 1.00. The lowest BCUT2D eigenvalue weighted by Gasteiger charge is -2.18. The summed E-state index contributed by atoms with van der Waals surface area (Å²) in [6, 6.07) is 0. The fourth-order valence-electron chi connectivity index (χ4n) is 2.38. The molecule has 0 aromatic rings. The summed E-state index contributed by atoms with van der Waals surface area (Å²) in [4.78, 5) is 0. The van der Waals surface area contributed by atoms with Crippen molar-refractivity contribution in [2.75, 3.05) is 0 Å². The monoisotopic (exact) mass is 224 g/mol. The van der Waals surface area contributed by atoms with Crippen LogP contribution in [0.4, 0.5) is 13.2 Å². The van der Waals surface area contributed by atoms with Gasteiger partial charge in [-0.1, -0.05) is 19.8 Å². The standard InChI is InChI=1S/C11H19F3O/c1-2-8-3-4-9(7-8)10(15)5-6-11(12,13)14/h8-10,15H,2-7H2,1H3. The van der Waals surface area contributed by atoms with Gasteiger partial charge in [-0.25, -0.2) is 0 Å². The third-order valence-electron chi connectivity index (χ3n) is 3.43. The van der Waals surface area contributed by atoms with E-state index in [9.17, 15) is 18.3 Å². The first-order valence-corrected chi connectivity index (χ1v) is 5.67. The number of hydrogen-bond donors (Lipinski definition) is 1. The first kappa shape index (κ1) is 12.8. The molecule has 1 saturated carbocycles. The maximum Gasteiger partial charge on any atom is 0.389 e. The van der Waals surface area contributed by atoms with Gasteiger partial charge in [0.05, 0.1) is 6.10 Å². The number of alkyl halides is 3. The van der Waals surface area contributed by atoms with Crippen molar-refractivity contribution in [2.24, 2.45) is 11.8 Å². The molecular weight excluding hydrogens is 205 g/mol. The lowest BCUT2D eigenvalue weighted by molar-refractivity contribution is -0.141. The minimum absolute atomic E-state index is 0.0947. The van der Waals surface area contributed by atoms with Crippen LogP contribution in [0.3, 0.4) is 0 Å². The van der Waals surface area contributed by atoms with E-state index >= 15 is 0 Å². The fourth-order valence-corrected chi connectivity index (χ4v) is 2.38. The second-order valence-electron chi connectivity index (χ2n) is 4.57. The Kier molecular flexibility index (Phi) is 4.44. The molecule has 3 atom stereocenters. The van der Waals surface area contributed by atoms with E-state index < -0.39 is 18.7 Å². The van der Waals surface area contributed by atoms with Crippen LogP contribution in [0.15, 0.2) is 0 Å². The van der Waals surface area contributed by atoms with E-state index in [1.165, 1.54) is 0 Å². The van der Waals surface area contributed by atoms with Crippen LogP contribution in [0.1, 0.15) is 45.4 Å². The zero-order valence-electron chi connectivity index (χ0n) is 9.06. The average molecular weight is 224 g/mol. The van der Waals surface area contributed by atoms with Gasteiger partial charge in [-0.3, -0.25) is 0 Å². The Morgan fingerprint density at radius 1 is 1.33 bits per heavy atom. The second-order valence-corrected chi connectivity index (χ2v) is 4.57. The van der Waals surface area contributed by atoms with Crippen LogP contribution in [0.25, 0.3) is 0 Å². The largest absolute Gasteiger partial charge is 0.393 e. The van der Waals surface area contributed by atoms with Crippen LogP contribution in [-0.2, 0) is 0 Å². The highest BCUT2D eigenvalue weighted by Gasteiger charge is 2.33. The lowest BCUT2D eigenvalue weighted by Crippen LogP contribution is -2.21. The van der Waals surface area contributed by atoms with Crippen LogP contribution in [0.2, 0.25) is 0 Å². The highest BCUT2D eigenvalue weighted by atomic mass is 19.4. The molecule has 0 aromatic carbocycles. The molecule has 90 valence electrons. The van der Waals surface area contributed by atoms with E-state index in [2.05, 4.69) is 6.92 Å². The van der Waals surface area contributed by atoms with Gasteiger partial charge in [0.1, 0.15) is 0 Å². The van der Waals surface area contributed by atoms with Gasteiger partial charge in [0.15, 0.2) is 0 Å². The van der Waals surface area contributed by atoms with Crippen molar-refractivity contribution in [3.05, 3.63) is 0 Å². The first-order valence-electron chi connectivity index (χ1n) is 5.67. The number of aliphatic hydroxyl groups excluding tert-OH is 1. The van der Waals surface area contributed by atoms with E-state index in [-0.39, 0.29) is 12.3 Å². The van der Waals surface area contributed by atoms with E-state index in [1.54, 1.807) is 0 Å². The van der Waals surface area contributed by atoms with Crippen LogP contribution in [-0.4, -0.2) is 17.4 Å². The van der Waals surface area contributed by atoms with E-state index in [0.717, 1.165) is 25.7 Å². The zero-order valence-corrected chi connectivity index (χ0v) is 9.06. The molecule has 0 amide bonds. The average Bonchev–Trinajstić information content (AvgIpc) is 2.61. The molecule has 1 aliphatic rings. The third kappa shape index (κ3) is 4.41. The molecule has 0 bridgehead atoms. The molecule has 0 aromatic heterocycles. The molecule has 0 radical (unpaired) electrons. The second kappa shape index (κ2) is 5.19. The van der Waals surface area contributed by atoms with Crippen molar-refractivity contribution < 1.29 is 18.3 Å². The SMILES string of the molecule is CCC1CCC(C(O)CCC(F)(F)F)C1. The molecule has 1 fully saturated rings. The summed E-state index contributed by atoms with van der Waals surface area (Å²) < 4.78 is 35.8. The van der Waals surface area contributed by atoms with Gasteiger partial charge in [0, 0.05) is 6.42 Å². The summed E-state index contributed by atoms with van der Waals surface area (Å²) in [5.74, 6) is 0.702. The van der Waals surface area contributed by atoms with Gasteiger partial charge in [-0.05, 0) is 31.1 Å². The predicted molar refractivity (Wildman–Crippen MR) is 52.4 cm³/mol. The Morgan fingerprint density at radius 3 is 2.47 bits per heavy atom. The van der Waals surface area contributed by atoms with Crippen molar-refractivity contribution in [1.82, 2.24) is 0 Å². The zero-order chi connectivity index (χ0) is 11.5. The number of halogens is 3. The normalized spacial score (nSPS) is 29.4. The minimum Gasteiger partial charge on any atom is -0.393 e. The van der Waals surface area contributed by atoms with Gasteiger partial charge in [0.2, 0.25) is 0 Å². The molecule has 0 saturated heterocycles. The maximum atomic E-state index is 11.9. The van der Waals surface area contributed by atoms with Gasteiger partial charge < -0.3 is 5.11 Å². The topological polar surface area (TPSA) is 20.2 Å². The van der Waals surface area contributed by atoms with Crippen molar-refractivity contribution in [3.8, 4) is 0 Å². The predicted octanol–water partition coefficient (Wildman–Crippen LogP) is 3.52. The summed E-state index contributed by atoms with van der Waals surface area (Å²) in [7, 11) is 0. The van der Waals surface area contributed by atoms with E-state index in [4.69, 9.17) is 0 Å². The van der Waals surface area contributed by atoms with Crippen LogP contribution < -0.4 is 0 Å². The molecule has 1 rings (SSSR count). The molecule has 0 heterocycles. The molecular formula is C11H19F3O. The van der Waals surface area contributed by atoms with Gasteiger partial charge >= 0.3 is 6.18 Å². The Hall–Kier alpha value is -0.250. The lowest BCUT2D eigenvalue weighted by atomic mass is 9.95.